The molecule has 0 amide bonds. The fraction of sp³-hybridized carbons (Fsp3) is 0.167. The number of benzene rings is 3. The average molecular weight is 485 g/mol. The van der Waals surface area contributed by atoms with Crippen molar-refractivity contribution in [3.05, 3.63) is 99.5 Å². The maximum absolute atomic E-state index is 13.4. The van der Waals surface area contributed by atoms with Gasteiger partial charge in [-0.2, -0.15) is 0 Å². The smallest absolute Gasteiger partial charge is 0.189 e. The van der Waals surface area contributed by atoms with Crippen molar-refractivity contribution in [2.75, 3.05) is 0 Å². The lowest BCUT2D eigenvalue weighted by molar-refractivity contribution is 0.0920. The van der Waals surface area contributed by atoms with Crippen molar-refractivity contribution in [3.8, 4) is 0 Å². The number of hydrogen-bond donors (Lipinski definition) is 0. The lowest BCUT2D eigenvalue weighted by Crippen LogP contribution is -2.33. The van der Waals surface area contributed by atoms with E-state index in [1.54, 1.807) is 60.7 Å². The first kappa shape index (κ1) is 22.1. The number of Topliss-reactive ketones (excluding diaryl/α,β-unsaturated/α-hetero) is 2. The molecule has 0 heterocycles. The minimum atomic E-state index is -4.07. The van der Waals surface area contributed by atoms with Crippen molar-refractivity contribution in [3.63, 3.8) is 0 Å². The Labute approximate surface area is 185 Å². The maximum atomic E-state index is 13.4. The molecule has 0 fully saturated rings. The van der Waals surface area contributed by atoms with Gasteiger partial charge in [0.25, 0.3) is 0 Å². The summed E-state index contributed by atoms with van der Waals surface area (Å²) in [4.78, 5) is 26.1. The molecule has 0 radical (unpaired) electrons. The van der Waals surface area contributed by atoms with E-state index in [1.807, 2.05) is 13.8 Å². The number of hydrogen-bond acceptors (Lipinski definition) is 4. The zero-order valence-corrected chi connectivity index (χ0v) is 19.0. The van der Waals surface area contributed by atoms with Crippen LogP contribution in [0.1, 0.15) is 38.3 Å². The van der Waals surface area contributed by atoms with E-state index in [0.29, 0.717) is 5.56 Å². The first-order chi connectivity index (χ1) is 14.2. The van der Waals surface area contributed by atoms with Crippen LogP contribution < -0.4 is 0 Å². The summed E-state index contributed by atoms with van der Waals surface area (Å²) >= 11 is 3.31. The second-order valence-corrected chi connectivity index (χ2v) is 10.3. The lowest BCUT2D eigenvalue weighted by Gasteiger charge is -2.17. The van der Waals surface area contributed by atoms with Crippen LogP contribution in [0.5, 0.6) is 0 Å². The first-order valence-corrected chi connectivity index (χ1v) is 11.7. The van der Waals surface area contributed by atoms with E-state index in [4.69, 9.17) is 0 Å². The third-order valence-corrected chi connectivity index (χ3v) is 7.48. The monoisotopic (exact) mass is 484 g/mol. The van der Waals surface area contributed by atoms with E-state index in [-0.39, 0.29) is 16.2 Å². The molecule has 3 rings (SSSR count). The molecule has 0 aromatic heterocycles. The first-order valence-electron chi connectivity index (χ1n) is 9.38. The van der Waals surface area contributed by atoms with E-state index >= 15 is 0 Å². The molecule has 0 aliphatic rings. The quantitative estimate of drug-likeness (QED) is 0.423. The predicted octanol–water partition coefficient (Wildman–Crippen LogP) is 5.36. The average Bonchev–Trinajstić information content (AvgIpc) is 2.72. The van der Waals surface area contributed by atoms with Crippen molar-refractivity contribution in [1.82, 2.24) is 0 Å². The van der Waals surface area contributed by atoms with Gasteiger partial charge in [0.15, 0.2) is 21.4 Å². The maximum Gasteiger partial charge on any atom is 0.189 e. The molecule has 0 saturated carbocycles. The van der Waals surface area contributed by atoms with E-state index in [0.717, 1.165) is 15.6 Å². The van der Waals surface area contributed by atoms with Crippen LogP contribution in [0, 0.1) is 13.8 Å². The molecule has 0 aliphatic heterocycles. The summed E-state index contributed by atoms with van der Waals surface area (Å²) in [7, 11) is -4.07. The van der Waals surface area contributed by atoms with Gasteiger partial charge in [-0.25, -0.2) is 8.42 Å². The van der Waals surface area contributed by atoms with Crippen LogP contribution in [0.4, 0.5) is 0 Å². The normalized spacial score (nSPS) is 12.4. The number of ketones is 2. The fourth-order valence-corrected chi connectivity index (χ4v) is 4.96. The topological polar surface area (TPSA) is 68.3 Å². The van der Waals surface area contributed by atoms with Gasteiger partial charge in [-0.15, -0.1) is 0 Å². The molecule has 4 nitrogen and oxygen atoms in total. The minimum absolute atomic E-state index is 0.0280. The highest BCUT2D eigenvalue weighted by molar-refractivity contribution is 9.10. The molecule has 0 bridgehead atoms. The zero-order valence-electron chi connectivity index (χ0n) is 16.6. The van der Waals surface area contributed by atoms with Crippen LogP contribution in [0.15, 0.2) is 82.2 Å². The van der Waals surface area contributed by atoms with E-state index in [2.05, 4.69) is 15.9 Å². The molecule has 3 aromatic rings. The van der Waals surface area contributed by atoms with Gasteiger partial charge >= 0.3 is 0 Å². The van der Waals surface area contributed by atoms with Crippen molar-refractivity contribution >= 4 is 37.3 Å². The third-order valence-electron chi connectivity index (χ3n) is 4.89. The standard InChI is InChI=1S/C24H21BrO4S/c1-16-3-7-18(8-4-16)22(26)15-23(24(27)19-9-11-20(25)12-10-19)30(28,29)21-13-5-17(2)6-14-21/h3-14,23H,15H2,1-2H3/t23-/m1/s1. The predicted molar refractivity (Wildman–Crippen MR) is 121 cm³/mol. The van der Waals surface area contributed by atoms with Gasteiger partial charge in [0, 0.05) is 22.0 Å². The Hall–Kier alpha value is -2.57. The fourth-order valence-electron chi connectivity index (χ4n) is 3.06. The van der Waals surface area contributed by atoms with Gasteiger partial charge in [0.2, 0.25) is 0 Å². The van der Waals surface area contributed by atoms with Crippen LogP contribution in [0.25, 0.3) is 0 Å². The molecule has 3 aromatic carbocycles. The van der Waals surface area contributed by atoms with Gasteiger partial charge in [-0.3, -0.25) is 9.59 Å². The Morgan fingerprint density at radius 1 is 0.767 bits per heavy atom. The second kappa shape index (κ2) is 9.06. The number of aryl methyl sites for hydroxylation is 2. The molecule has 0 saturated heterocycles. The summed E-state index contributed by atoms with van der Waals surface area (Å²) in [6, 6.07) is 19.6. The number of carbonyl (C=O) groups excluding carboxylic acids is 2. The molecule has 154 valence electrons. The zero-order chi connectivity index (χ0) is 21.9. The van der Waals surface area contributed by atoms with E-state index in [9.17, 15) is 18.0 Å². The van der Waals surface area contributed by atoms with Crippen molar-refractivity contribution in [1.29, 1.82) is 0 Å². The van der Waals surface area contributed by atoms with Crippen molar-refractivity contribution < 1.29 is 18.0 Å². The van der Waals surface area contributed by atoms with Gasteiger partial charge in [-0.1, -0.05) is 75.6 Å². The van der Waals surface area contributed by atoms with Crippen LogP contribution in [0.3, 0.4) is 0 Å². The van der Waals surface area contributed by atoms with Crippen molar-refractivity contribution in [2.24, 2.45) is 0 Å². The van der Waals surface area contributed by atoms with Crippen molar-refractivity contribution in [2.45, 2.75) is 30.4 Å². The molecule has 0 spiro atoms. The molecule has 6 heteroatoms. The summed E-state index contributed by atoms with van der Waals surface area (Å²) in [5, 5.41) is -1.50. The van der Waals surface area contributed by atoms with Crippen LogP contribution in [0.2, 0.25) is 0 Å². The number of halogens is 1. The highest BCUT2D eigenvalue weighted by atomic mass is 79.9. The summed E-state index contributed by atoms with van der Waals surface area (Å²) in [6.07, 6.45) is -0.422. The van der Waals surface area contributed by atoms with Crippen LogP contribution in [-0.4, -0.2) is 25.2 Å². The summed E-state index contributed by atoms with van der Waals surface area (Å²) in [5.74, 6) is -0.982. The van der Waals surface area contributed by atoms with E-state index < -0.39 is 27.3 Å². The van der Waals surface area contributed by atoms with Crippen LogP contribution >= 0.6 is 15.9 Å². The van der Waals surface area contributed by atoms with Gasteiger partial charge in [0.1, 0.15) is 5.25 Å². The summed E-state index contributed by atoms with van der Waals surface area (Å²) in [6.45, 7) is 3.75. The van der Waals surface area contributed by atoms with E-state index in [1.165, 1.54) is 12.1 Å². The Bertz CT molecular complexity index is 1160. The highest BCUT2D eigenvalue weighted by Gasteiger charge is 2.36. The van der Waals surface area contributed by atoms with Gasteiger partial charge in [0.05, 0.1) is 4.90 Å². The minimum Gasteiger partial charge on any atom is -0.294 e. The second-order valence-electron chi connectivity index (χ2n) is 7.21. The molecule has 1 atom stereocenters. The van der Waals surface area contributed by atoms with Gasteiger partial charge in [-0.05, 0) is 38.1 Å². The third kappa shape index (κ3) is 4.94. The largest absolute Gasteiger partial charge is 0.294 e. The number of rotatable bonds is 7. The Morgan fingerprint density at radius 2 is 1.23 bits per heavy atom. The Balaban J connectivity index is 2.02. The Kier molecular flexibility index (Phi) is 6.68. The summed E-state index contributed by atoms with van der Waals surface area (Å²) < 4.78 is 27.5. The number of carbonyl (C=O) groups is 2. The van der Waals surface area contributed by atoms with Crippen LogP contribution in [-0.2, 0) is 9.84 Å². The molecule has 0 unspecified atom stereocenters. The lowest BCUT2D eigenvalue weighted by atomic mass is 10.0. The SMILES string of the molecule is Cc1ccc(C(=O)C[C@H](C(=O)c2ccc(Br)cc2)S(=O)(=O)c2ccc(C)cc2)cc1. The Morgan fingerprint density at radius 3 is 1.77 bits per heavy atom. The number of sulfone groups is 1. The summed E-state index contributed by atoms with van der Waals surface area (Å²) in [5.41, 5.74) is 2.52. The highest BCUT2D eigenvalue weighted by Crippen LogP contribution is 2.25. The molecular weight excluding hydrogens is 464 g/mol. The molecular formula is C24H21BrO4S. The molecule has 30 heavy (non-hydrogen) atoms. The molecule has 0 aliphatic carbocycles. The van der Waals surface area contributed by atoms with Gasteiger partial charge < -0.3 is 0 Å². The molecule has 0 N–H and O–H groups in total.